The normalized spacial score (nSPS) is 27.7. The molecule has 2 saturated heterocycles. The molecular formula is C22H26N4O10. The predicted molar refractivity (Wildman–Crippen MR) is 123 cm³/mol. The van der Waals surface area contributed by atoms with Crippen molar-refractivity contribution in [3.8, 4) is 0 Å². The van der Waals surface area contributed by atoms with Crippen molar-refractivity contribution in [1.82, 2.24) is 9.13 Å². The first kappa shape index (κ1) is 25.7. The molecule has 2 aromatic heterocycles. The molecule has 0 bridgehead atoms. The van der Waals surface area contributed by atoms with Crippen molar-refractivity contribution in [1.29, 1.82) is 0 Å². The zero-order chi connectivity index (χ0) is 26.0. The van der Waals surface area contributed by atoms with Gasteiger partial charge in [-0.2, -0.15) is 0 Å². The number of nitrogens with zero attached hydrogens (tertiary/aromatic N) is 4. The number of rotatable bonds is 6. The van der Waals surface area contributed by atoms with E-state index < -0.39 is 40.5 Å². The Morgan fingerprint density at radius 1 is 0.861 bits per heavy atom. The summed E-state index contributed by atoms with van der Waals surface area (Å²) >= 11 is 0. The molecule has 3 aromatic rings. The molecule has 6 atom stereocenters. The number of nitro groups is 2. The molecule has 0 aliphatic carbocycles. The van der Waals surface area contributed by atoms with Gasteiger partial charge in [0, 0.05) is 48.8 Å². The van der Waals surface area contributed by atoms with Crippen LogP contribution in [0.1, 0.15) is 25.3 Å². The standard InChI is InChI=1S/C13H14N2O5.C9H12N2O5/c16-7-12-11(17)6-13(20-12)14-4-3-8-5-9(15(18)19)1-2-10(8)14;12-5-8-7(13)3-9(16-8)10-2-1-6(4-10)11(14)15/h1-5,11-13,16-17H,6-7H2;1-2,4,7-9,12-13H,3,5H2. The Bertz CT molecular complexity index is 1230. The molecule has 6 unspecified atom stereocenters. The van der Waals surface area contributed by atoms with Crippen molar-refractivity contribution in [2.75, 3.05) is 13.2 Å². The van der Waals surface area contributed by atoms with Crippen LogP contribution in [0.5, 0.6) is 0 Å². The molecule has 36 heavy (non-hydrogen) atoms. The first-order chi connectivity index (χ1) is 17.2. The Morgan fingerprint density at radius 3 is 2.03 bits per heavy atom. The highest BCUT2D eigenvalue weighted by Gasteiger charge is 2.35. The van der Waals surface area contributed by atoms with E-state index in [4.69, 9.17) is 19.7 Å². The number of hydrogen-bond acceptors (Lipinski definition) is 10. The summed E-state index contributed by atoms with van der Waals surface area (Å²) in [6.07, 6.45) is 1.85. The largest absolute Gasteiger partial charge is 0.394 e. The number of aliphatic hydroxyl groups is 4. The Hall–Kier alpha value is -3.40. The minimum Gasteiger partial charge on any atom is -0.394 e. The van der Waals surface area contributed by atoms with Crippen LogP contribution in [-0.2, 0) is 9.47 Å². The topological polar surface area (TPSA) is 196 Å². The first-order valence-corrected chi connectivity index (χ1v) is 11.2. The number of nitro benzene ring substituents is 1. The van der Waals surface area contributed by atoms with Crippen LogP contribution in [0, 0.1) is 20.2 Å². The van der Waals surface area contributed by atoms with Crippen LogP contribution in [0.15, 0.2) is 48.9 Å². The van der Waals surface area contributed by atoms with E-state index in [2.05, 4.69) is 0 Å². The van der Waals surface area contributed by atoms with Gasteiger partial charge in [0.05, 0.1) is 47.0 Å². The average molecular weight is 506 g/mol. The van der Waals surface area contributed by atoms with E-state index in [1.165, 1.54) is 35.2 Å². The molecule has 2 aliphatic rings. The highest BCUT2D eigenvalue weighted by molar-refractivity contribution is 5.82. The molecule has 2 fully saturated rings. The maximum Gasteiger partial charge on any atom is 0.286 e. The second-order valence-corrected chi connectivity index (χ2v) is 8.53. The first-order valence-electron chi connectivity index (χ1n) is 11.2. The lowest BCUT2D eigenvalue weighted by atomic mass is 10.2. The van der Waals surface area contributed by atoms with Gasteiger partial charge in [-0.1, -0.05) is 0 Å². The average Bonchev–Trinajstić information content (AvgIpc) is 3.63. The summed E-state index contributed by atoms with van der Waals surface area (Å²) in [5, 5.41) is 59.2. The Balaban J connectivity index is 0.000000174. The highest BCUT2D eigenvalue weighted by atomic mass is 16.6. The number of ether oxygens (including phenoxy) is 2. The molecule has 0 amide bonds. The maximum absolute atomic E-state index is 10.7. The van der Waals surface area contributed by atoms with Crippen LogP contribution >= 0.6 is 0 Å². The fourth-order valence-electron chi connectivity index (χ4n) is 4.32. The zero-order valence-corrected chi connectivity index (χ0v) is 18.9. The van der Waals surface area contributed by atoms with Crippen LogP contribution in [0.2, 0.25) is 0 Å². The van der Waals surface area contributed by atoms with Crippen molar-refractivity contribution >= 4 is 22.3 Å². The van der Waals surface area contributed by atoms with Crippen LogP contribution in [0.4, 0.5) is 11.4 Å². The lowest BCUT2D eigenvalue weighted by molar-refractivity contribution is -0.385. The molecule has 0 spiro atoms. The summed E-state index contributed by atoms with van der Waals surface area (Å²) in [6, 6.07) is 7.73. The molecule has 194 valence electrons. The minimum absolute atomic E-state index is 0.0226. The number of aromatic nitrogens is 2. The summed E-state index contributed by atoms with van der Waals surface area (Å²) in [4.78, 5) is 20.3. The van der Waals surface area contributed by atoms with Crippen molar-refractivity contribution in [3.63, 3.8) is 0 Å². The van der Waals surface area contributed by atoms with Gasteiger partial charge < -0.3 is 39.0 Å². The third-order valence-electron chi connectivity index (χ3n) is 6.24. The van der Waals surface area contributed by atoms with Crippen LogP contribution in [0.3, 0.4) is 0 Å². The number of benzene rings is 1. The maximum atomic E-state index is 10.7. The van der Waals surface area contributed by atoms with Crippen LogP contribution < -0.4 is 0 Å². The smallest absolute Gasteiger partial charge is 0.286 e. The third kappa shape index (κ3) is 5.23. The van der Waals surface area contributed by atoms with Crippen molar-refractivity contribution in [2.24, 2.45) is 0 Å². The second kappa shape index (κ2) is 10.7. The van der Waals surface area contributed by atoms with E-state index in [-0.39, 0.29) is 30.8 Å². The molecule has 0 radical (unpaired) electrons. The van der Waals surface area contributed by atoms with Gasteiger partial charge in [-0.05, 0) is 12.1 Å². The summed E-state index contributed by atoms with van der Waals surface area (Å²) in [5.41, 5.74) is 0.813. The lowest BCUT2D eigenvalue weighted by Gasteiger charge is -2.14. The molecule has 5 rings (SSSR count). The molecule has 4 heterocycles. The van der Waals surface area contributed by atoms with Gasteiger partial charge in [-0.25, -0.2) is 0 Å². The van der Waals surface area contributed by atoms with E-state index in [1.54, 1.807) is 18.3 Å². The third-order valence-corrected chi connectivity index (χ3v) is 6.24. The van der Waals surface area contributed by atoms with E-state index >= 15 is 0 Å². The van der Waals surface area contributed by atoms with Crippen LogP contribution in [0.25, 0.3) is 10.9 Å². The number of hydrogen-bond donors (Lipinski definition) is 4. The fraction of sp³-hybridized carbons (Fsp3) is 0.455. The van der Waals surface area contributed by atoms with E-state index in [1.807, 2.05) is 4.57 Å². The monoisotopic (exact) mass is 506 g/mol. The number of non-ortho nitro benzene ring substituents is 1. The quantitative estimate of drug-likeness (QED) is 0.279. The number of fused-ring (bicyclic) bond motifs is 1. The molecule has 14 nitrogen and oxygen atoms in total. The molecule has 2 aliphatic heterocycles. The van der Waals surface area contributed by atoms with E-state index in [0.29, 0.717) is 12.8 Å². The highest BCUT2D eigenvalue weighted by Crippen LogP contribution is 2.33. The Kier molecular flexibility index (Phi) is 7.63. The zero-order valence-electron chi connectivity index (χ0n) is 18.9. The molecule has 0 saturated carbocycles. The van der Waals surface area contributed by atoms with E-state index in [9.17, 15) is 30.4 Å². The second-order valence-electron chi connectivity index (χ2n) is 8.53. The van der Waals surface area contributed by atoms with Gasteiger partial charge in [0.2, 0.25) is 0 Å². The molecule has 4 N–H and O–H groups in total. The Morgan fingerprint density at radius 2 is 1.47 bits per heavy atom. The van der Waals surface area contributed by atoms with Gasteiger partial charge in [0.1, 0.15) is 24.7 Å². The number of aliphatic hydroxyl groups excluding tert-OH is 4. The van der Waals surface area contributed by atoms with Gasteiger partial charge in [0.15, 0.2) is 0 Å². The van der Waals surface area contributed by atoms with Gasteiger partial charge >= 0.3 is 0 Å². The van der Waals surface area contributed by atoms with Gasteiger partial charge in [-0.3, -0.25) is 20.2 Å². The van der Waals surface area contributed by atoms with E-state index in [0.717, 1.165) is 10.9 Å². The minimum atomic E-state index is -0.739. The Labute approximate surface area is 203 Å². The van der Waals surface area contributed by atoms with Crippen molar-refractivity contribution in [3.05, 3.63) is 69.2 Å². The molecule has 1 aromatic carbocycles. The molecule has 14 heteroatoms. The fourth-order valence-corrected chi connectivity index (χ4v) is 4.32. The van der Waals surface area contributed by atoms with Crippen molar-refractivity contribution < 1.29 is 39.7 Å². The van der Waals surface area contributed by atoms with Gasteiger partial charge in [0.25, 0.3) is 11.4 Å². The predicted octanol–water partition coefficient (Wildman–Crippen LogP) is 1.23. The summed E-state index contributed by atoms with van der Waals surface area (Å²) < 4.78 is 14.3. The molecular weight excluding hydrogens is 480 g/mol. The van der Waals surface area contributed by atoms with Crippen molar-refractivity contribution in [2.45, 2.75) is 49.7 Å². The summed E-state index contributed by atoms with van der Waals surface area (Å²) in [6.45, 7) is -0.497. The lowest BCUT2D eigenvalue weighted by Crippen LogP contribution is -2.24. The van der Waals surface area contributed by atoms with Crippen LogP contribution in [-0.4, -0.2) is 77.0 Å². The SMILES string of the molecule is O=[N+]([O-])c1ccc2c(ccn2C2CC(O)C(CO)O2)c1.O=[N+]([O-])c1ccn(C2CC(O)C(CO)O2)c1. The van der Waals surface area contributed by atoms with Gasteiger partial charge in [-0.15, -0.1) is 0 Å². The summed E-state index contributed by atoms with van der Waals surface area (Å²) in [7, 11) is 0. The summed E-state index contributed by atoms with van der Waals surface area (Å²) in [5.74, 6) is 0.